The Morgan fingerprint density at radius 3 is 2.31 bits per heavy atom. The third-order valence-electron chi connectivity index (χ3n) is 7.20. The number of hydrogen-bond acceptors (Lipinski definition) is 5. The van der Waals surface area contributed by atoms with E-state index in [2.05, 4.69) is 5.32 Å². The first-order chi connectivity index (χ1) is 16.7. The van der Waals surface area contributed by atoms with Crippen molar-refractivity contribution in [3.63, 3.8) is 0 Å². The standard InChI is InChI=1S/C25H21Cl3N2O5/c1-11-16(26)6-3-7-17(11)29-18(31)10-35-25(34)12-4-2-5-13(8-12)30-23(32)19-14-9-15(20(19)24(30)33)22(28)21(14)27/h2-8,14-15,19-22H,9-10H2,1H3,(H,29,31)/t14-,15-,19-,20-,21-,22+/m1/s1. The number of rotatable bonds is 5. The summed E-state index contributed by atoms with van der Waals surface area (Å²) in [5.41, 5.74) is 1.60. The van der Waals surface area contributed by atoms with Crippen LogP contribution in [0.3, 0.4) is 0 Å². The lowest BCUT2D eigenvalue weighted by molar-refractivity contribution is -0.123. The van der Waals surface area contributed by atoms with Crippen LogP contribution in [-0.4, -0.2) is 41.1 Å². The van der Waals surface area contributed by atoms with E-state index < -0.39 is 30.3 Å². The van der Waals surface area contributed by atoms with Crippen LogP contribution < -0.4 is 10.2 Å². The fraction of sp³-hybridized carbons (Fsp3) is 0.360. The number of carbonyl (C=O) groups excluding carboxylic acids is 4. The zero-order valence-electron chi connectivity index (χ0n) is 18.5. The number of halogens is 3. The van der Waals surface area contributed by atoms with Gasteiger partial charge in [0.1, 0.15) is 0 Å². The van der Waals surface area contributed by atoms with Gasteiger partial charge in [0, 0.05) is 10.7 Å². The van der Waals surface area contributed by atoms with Crippen LogP contribution in [0.4, 0.5) is 11.4 Å². The van der Waals surface area contributed by atoms with Crippen molar-refractivity contribution in [2.45, 2.75) is 24.1 Å². The lowest BCUT2D eigenvalue weighted by Gasteiger charge is -2.28. The Bertz CT molecular complexity index is 1220. The molecule has 35 heavy (non-hydrogen) atoms. The van der Waals surface area contributed by atoms with E-state index in [0.29, 0.717) is 22.7 Å². The Kier molecular flexibility index (Phi) is 6.28. The third kappa shape index (κ3) is 3.99. The molecule has 0 unspecified atom stereocenters. The van der Waals surface area contributed by atoms with Gasteiger partial charge in [-0.2, -0.15) is 0 Å². The second-order valence-electron chi connectivity index (χ2n) is 9.10. The van der Waals surface area contributed by atoms with E-state index in [-0.39, 0.29) is 45.7 Å². The predicted octanol–water partition coefficient (Wildman–Crippen LogP) is 4.41. The summed E-state index contributed by atoms with van der Waals surface area (Å²) in [4.78, 5) is 52.4. The predicted molar refractivity (Wildman–Crippen MR) is 132 cm³/mol. The molecule has 182 valence electrons. The summed E-state index contributed by atoms with van der Waals surface area (Å²) in [6.45, 7) is 1.24. The molecule has 0 spiro atoms. The molecule has 2 aromatic carbocycles. The first-order valence-corrected chi connectivity index (χ1v) is 12.4. The van der Waals surface area contributed by atoms with Gasteiger partial charge in [-0.05, 0) is 61.1 Å². The van der Waals surface area contributed by atoms with Crippen molar-refractivity contribution < 1.29 is 23.9 Å². The normalized spacial score (nSPS) is 28.9. The molecule has 1 N–H and O–H groups in total. The number of fused-ring (bicyclic) bond motifs is 5. The number of nitrogens with one attached hydrogen (secondary N) is 1. The number of amides is 3. The van der Waals surface area contributed by atoms with Gasteiger partial charge >= 0.3 is 5.97 Å². The second kappa shape index (κ2) is 9.12. The van der Waals surface area contributed by atoms with E-state index in [1.807, 2.05) is 0 Å². The summed E-state index contributed by atoms with van der Waals surface area (Å²) < 4.78 is 5.14. The zero-order chi connectivity index (χ0) is 25.0. The topological polar surface area (TPSA) is 92.8 Å². The number of benzene rings is 2. The number of esters is 1. The van der Waals surface area contributed by atoms with Crippen LogP contribution in [0.5, 0.6) is 0 Å². The highest BCUT2D eigenvalue weighted by molar-refractivity contribution is 6.32. The summed E-state index contributed by atoms with van der Waals surface area (Å²) in [5, 5.41) is 2.46. The summed E-state index contributed by atoms with van der Waals surface area (Å²) >= 11 is 18.9. The lowest BCUT2D eigenvalue weighted by atomic mass is 9.80. The van der Waals surface area contributed by atoms with Crippen LogP contribution in [0, 0.1) is 30.6 Å². The smallest absolute Gasteiger partial charge is 0.338 e. The summed E-state index contributed by atoms with van der Waals surface area (Å²) in [5.74, 6) is -3.16. The number of imide groups is 1. The van der Waals surface area contributed by atoms with Crippen molar-refractivity contribution in [2.24, 2.45) is 23.7 Å². The van der Waals surface area contributed by atoms with E-state index in [9.17, 15) is 19.2 Å². The Morgan fingerprint density at radius 2 is 1.66 bits per heavy atom. The summed E-state index contributed by atoms with van der Waals surface area (Å²) in [6, 6.07) is 11.1. The van der Waals surface area contributed by atoms with E-state index in [0.717, 1.165) is 4.90 Å². The number of carbonyl (C=O) groups is 4. The molecule has 0 radical (unpaired) electrons. The molecule has 7 nitrogen and oxygen atoms in total. The van der Waals surface area contributed by atoms with Gasteiger partial charge in [-0.3, -0.25) is 19.3 Å². The van der Waals surface area contributed by atoms with Crippen LogP contribution in [0.2, 0.25) is 5.02 Å². The maximum Gasteiger partial charge on any atom is 0.338 e. The first kappa shape index (κ1) is 24.1. The molecule has 3 fully saturated rings. The number of nitrogens with zero attached hydrogens (tertiary/aromatic N) is 1. The summed E-state index contributed by atoms with van der Waals surface area (Å²) in [7, 11) is 0. The minimum absolute atomic E-state index is 0.111. The fourth-order valence-corrected chi connectivity index (χ4v) is 6.59. The minimum atomic E-state index is -0.759. The molecule has 6 atom stereocenters. The average molecular weight is 536 g/mol. The monoisotopic (exact) mass is 534 g/mol. The maximum absolute atomic E-state index is 13.2. The first-order valence-electron chi connectivity index (χ1n) is 11.2. The van der Waals surface area contributed by atoms with E-state index >= 15 is 0 Å². The third-order valence-corrected chi connectivity index (χ3v) is 8.93. The minimum Gasteiger partial charge on any atom is -0.452 e. The van der Waals surface area contributed by atoms with E-state index in [1.54, 1.807) is 37.3 Å². The van der Waals surface area contributed by atoms with Crippen molar-refractivity contribution in [2.75, 3.05) is 16.8 Å². The lowest BCUT2D eigenvalue weighted by Crippen LogP contribution is -2.37. The van der Waals surface area contributed by atoms with Gasteiger partial charge in [0.05, 0.1) is 33.8 Å². The average Bonchev–Trinajstić information content (AvgIpc) is 3.45. The molecule has 2 bridgehead atoms. The molecular formula is C25H21Cl3N2O5. The Balaban J connectivity index is 1.27. The fourth-order valence-electron chi connectivity index (χ4n) is 5.52. The molecule has 3 amide bonds. The van der Waals surface area contributed by atoms with Crippen LogP contribution in [0.25, 0.3) is 0 Å². The zero-order valence-corrected chi connectivity index (χ0v) is 20.8. The van der Waals surface area contributed by atoms with Crippen molar-refractivity contribution in [3.05, 3.63) is 58.6 Å². The van der Waals surface area contributed by atoms with Gasteiger partial charge in [0.2, 0.25) is 11.8 Å². The van der Waals surface area contributed by atoms with Gasteiger partial charge in [0.25, 0.3) is 5.91 Å². The largest absolute Gasteiger partial charge is 0.452 e. The quantitative estimate of drug-likeness (QED) is 0.348. The molecular weight excluding hydrogens is 515 g/mol. The van der Waals surface area contributed by atoms with Crippen LogP contribution in [0.15, 0.2) is 42.5 Å². The molecule has 5 rings (SSSR count). The van der Waals surface area contributed by atoms with Crippen molar-refractivity contribution >= 4 is 69.9 Å². The van der Waals surface area contributed by atoms with Crippen molar-refractivity contribution in [1.29, 1.82) is 0 Å². The molecule has 1 aliphatic heterocycles. The van der Waals surface area contributed by atoms with Crippen LogP contribution in [-0.2, 0) is 19.1 Å². The SMILES string of the molecule is Cc1c(Cl)cccc1NC(=O)COC(=O)c1cccc(N2C(=O)[C@@H]3[C@H]4C[C@@H]([C@@H](Cl)[C@H]4Cl)[C@H]3C2=O)c1. The summed E-state index contributed by atoms with van der Waals surface area (Å²) in [6.07, 6.45) is 0.673. The Morgan fingerprint density at radius 1 is 1.03 bits per heavy atom. The van der Waals surface area contributed by atoms with Gasteiger partial charge in [0.15, 0.2) is 6.61 Å². The highest BCUT2D eigenvalue weighted by Crippen LogP contribution is 2.59. The van der Waals surface area contributed by atoms with Gasteiger partial charge < -0.3 is 10.1 Å². The van der Waals surface area contributed by atoms with Gasteiger partial charge in [-0.25, -0.2) is 4.79 Å². The number of alkyl halides is 2. The molecule has 1 saturated heterocycles. The van der Waals surface area contributed by atoms with Crippen molar-refractivity contribution in [1.82, 2.24) is 0 Å². The highest BCUT2D eigenvalue weighted by Gasteiger charge is 2.66. The van der Waals surface area contributed by atoms with Gasteiger partial charge in [-0.1, -0.05) is 23.7 Å². The molecule has 1 heterocycles. The van der Waals surface area contributed by atoms with E-state index in [4.69, 9.17) is 39.5 Å². The molecule has 2 aliphatic carbocycles. The van der Waals surface area contributed by atoms with Crippen LogP contribution in [0.1, 0.15) is 22.3 Å². The number of ether oxygens (including phenoxy) is 1. The Hall–Kier alpha value is -2.61. The van der Waals surface area contributed by atoms with Crippen molar-refractivity contribution in [3.8, 4) is 0 Å². The molecule has 2 saturated carbocycles. The molecule has 10 heteroatoms. The molecule has 2 aromatic rings. The van der Waals surface area contributed by atoms with Crippen LogP contribution >= 0.6 is 34.8 Å². The maximum atomic E-state index is 13.2. The number of anilines is 2. The van der Waals surface area contributed by atoms with Gasteiger partial charge in [-0.15, -0.1) is 23.2 Å². The highest BCUT2D eigenvalue weighted by atomic mass is 35.5. The molecule has 0 aromatic heterocycles. The van der Waals surface area contributed by atoms with E-state index in [1.165, 1.54) is 12.1 Å². The second-order valence-corrected chi connectivity index (χ2v) is 10.5. The molecule has 3 aliphatic rings. The number of hydrogen-bond donors (Lipinski definition) is 1. The Labute approximate surface area is 216 Å².